The van der Waals surface area contributed by atoms with Crippen molar-refractivity contribution in [2.24, 2.45) is 0 Å². The molecule has 2 rings (SSSR count). The summed E-state index contributed by atoms with van der Waals surface area (Å²) in [5, 5.41) is 3.80. The predicted octanol–water partition coefficient (Wildman–Crippen LogP) is 3.36. The summed E-state index contributed by atoms with van der Waals surface area (Å²) in [5.74, 6) is 0. The summed E-state index contributed by atoms with van der Waals surface area (Å²) in [7, 11) is 0. The van der Waals surface area contributed by atoms with Gasteiger partial charge in [-0.25, -0.2) is 8.78 Å². The van der Waals surface area contributed by atoms with Crippen molar-refractivity contribution in [3.8, 4) is 0 Å². The summed E-state index contributed by atoms with van der Waals surface area (Å²) in [6.45, 7) is 3.24. The second kappa shape index (κ2) is 8.00. The molecule has 108 valence electrons. The summed E-state index contributed by atoms with van der Waals surface area (Å²) in [6.07, 6.45) is -2.48. The van der Waals surface area contributed by atoms with E-state index in [9.17, 15) is 8.78 Å². The topological polar surface area (TPSA) is 15.3 Å². The monoisotopic (exact) mass is 310 g/mol. The van der Waals surface area contributed by atoms with E-state index >= 15 is 0 Å². The minimum absolute atomic E-state index is 0. The van der Waals surface area contributed by atoms with Crippen LogP contribution in [0.25, 0.3) is 0 Å². The predicted molar refractivity (Wildman–Crippen MR) is 76.5 cm³/mol. The molecule has 1 saturated heterocycles. The first-order valence-corrected chi connectivity index (χ1v) is 6.53. The third-order valence-corrected chi connectivity index (χ3v) is 3.60. The van der Waals surface area contributed by atoms with Crippen LogP contribution in [0.3, 0.4) is 0 Å². The fraction of sp³-hybridized carbons (Fsp3) is 0.538. The summed E-state index contributed by atoms with van der Waals surface area (Å²) < 4.78 is 25.5. The van der Waals surface area contributed by atoms with E-state index < -0.39 is 6.43 Å². The van der Waals surface area contributed by atoms with Gasteiger partial charge in [-0.3, -0.25) is 4.90 Å². The number of benzene rings is 1. The molecule has 0 aromatic heterocycles. The average Bonchev–Trinajstić information content (AvgIpc) is 2.38. The first kappa shape index (κ1) is 16.6. The Morgan fingerprint density at radius 3 is 2.42 bits per heavy atom. The molecular formula is C13H18Cl2F2N2. The van der Waals surface area contributed by atoms with Gasteiger partial charge in [0.15, 0.2) is 0 Å². The van der Waals surface area contributed by atoms with Crippen LogP contribution >= 0.6 is 24.0 Å². The Hall–Kier alpha value is -0.420. The van der Waals surface area contributed by atoms with E-state index in [1.165, 1.54) is 0 Å². The average molecular weight is 311 g/mol. The fourth-order valence-electron chi connectivity index (χ4n) is 2.38. The Morgan fingerprint density at radius 2 is 1.84 bits per heavy atom. The molecule has 0 amide bonds. The summed E-state index contributed by atoms with van der Waals surface area (Å²) in [6, 6.07) is 6.99. The molecule has 0 radical (unpaired) electrons. The molecule has 1 aliphatic rings. The molecule has 1 aromatic carbocycles. The van der Waals surface area contributed by atoms with Crippen LogP contribution in [-0.4, -0.2) is 37.5 Å². The highest BCUT2D eigenvalue weighted by Gasteiger charge is 2.26. The van der Waals surface area contributed by atoms with Gasteiger partial charge < -0.3 is 5.32 Å². The van der Waals surface area contributed by atoms with Gasteiger partial charge in [0, 0.05) is 43.7 Å². The van der Waals surface area contributed by atoms with Crippen LogP contribution in [0.1, 0.15) is 18.0 Å². The molecule has 0 saturated carbocycles. The number of piperazine rings is 1. The van der Waals surface area contributed by atoms with Crippen LogP contribution in [-0.2, 0) is 0 Å². The minimum Gasteiger partial charge on any atom is -0.314 e. The Morgan fingerprint density at radius 1 is 1.21 bits per heavy atom. The van der Waals surface area contributed by atoms with Crippen molar-refractivity contribution in [3.05, 3.63) is 34.9 Å². The Bertz CT molecular complexity index is 385. The van der Waals surface area contributed by atoms with Crippen LogP contribution in [0.2, 0.25) is 5.02 Å². The van der Waals surface area contributed by atoms with Gasteiger partial charge in [0.05, 0.1) is 0 Å². The first-order valence-electron chi connectivity index (χ1n) is 6.16. The van der Waals surface area contributed by atoms with E-state index in [2.05, 4.69) is 10.2 Å². The molecule has 0 aliphatic carbocycles. The zero-order valence-corrected chi connectivity index (χ0v) is 12.1. The lowest BCUT2D eigenvalue weighted by Gasteiger charge is -2.35. The molecule has 1 N–H and O–H groups in total. The van der Waals surface area contributed by atoms with E-state index in [1.54, 1.807) is 6.07 Å². The van der Waals surface area contributed by atoms with E-state index in [1.807, 2.05) is 18.2 Å². The highest BCUT2D eigenvalue weighted by atomic mass is 35.5. The Balaban J connectivity index is 0.00000180. The van der Waals surface area contributed by atoms with E-state index in [-0.39, 0.29) is 24.9 Å². The highest BCUT2D eigenvalue weighted by Crippen LogP contribution is 2.32. The Kier molecular flexibility index (Phi) is 7.00. The molecule has 1 fully saturated rings. The van der Waals surface area contributed by atoms with Crippen molar-refractivity contribution in [3.63, 3.8) is 0 Å². The smallest absolute Gasteiger partial charge is 0.240 e. The van der Waals surface area contributed by atoms with E-state index in [0.29, 0.717) is 5.02 Å². The summed E-state index contributed by atoms with van der Waals surface area (Å²) in [4.78, 5) is 2.09. The molecular weight excluding hydrogens is 293 g/mol. The second-order valence-corrected chi connectivity index (χ2v) is 4.86. The van der Waals surface area contributed by atoms with Gasteiger partial charge in [-0.15, -0.1) is 12.4 Å². The lowest BCUT2D eigenvalue weighted by Crippen LogP contribution is -2.45. The van der Waals surface area contributed by atoms with Gasteiger partial charge in [-0.1, -0.05) is 29.8 Å². The largest absolute Gasteiger partial charge is 0.314 e. The molecule has 6 heteroatoms. The number of hydrogen-bond donors (Lipinski definition) is 1. The highest BCUT2D eigenvalue weighted by molar-refractivity contribution is 6.31. The molecule has 0 spiro atoms. The van der Waals surface area contributed by atoms with Crippen LogP contribution in [0.5, 0.6) is 0 Å². The van der Waals surface area contributed by atoms with Gasteiger partial charge in [-0.05, 0) is 11.6 Å². The molecule has 1 atom stereocenters. The van der Waals surface area contributed by atoms with Crippen molar-refractivity contribution in [1.82, 2.24) is 10.2 Å². The van der Waals surface area contributed by atoms with Crippen LogP contribution in [0.15, 0.2) is 24.3 Å². The van der Waals surface area contributed by atoms with Crippen molar-refractivity contribution in [2.75, 3.05) is 26.2 Å². The molecule has 1 heterocycles. The molecule has 1 aliphatic heterocycles. The molecule has 0 bridgehead atoms. The van der Waals surface area contributed by atoms with Gasteiger partial charge in [0.25, 0.3) is 0 Å². The first-order chi connectivity index (χ1) is 8.68. The van der Waals surface area contributed by atoms with Gasteiger partial charge in [-0.2, -0.15) is 0 Å². The SMILES string of the molecule is Cl.FC(F)C[C@@H](c1ccccc1Cl)N1CCNCC1. The van der Waals surface area contributed by atoms with Crippen molar-refractivity contribution >= 4 is 24.0 Å². The fourth-order valence-corrected chi connectivity index (χ4v) is 2.64. The summed E-state index contributed by atoms with van der Waals surface area (Å²) in [5.41, 5.74) is 0.807. The van der Waals surface area contributed by atoms with Crippen molar-refractivity contribution in [2.45, 2.75) is 18.9 Å². The number of nitrogens with one attached hydrogen (secondary N) is 1. The molecule has 0 unspecified atom stereocenters. The molecule has 2 nitrogen and oxygen atoms in total. The maximum atomic E-state index is 12.8. The zero-order valence-electron chi connectivity index (χ0n) is 10.5. The van der Waals surface area contributed by atoms with Gasteiger partial charge in [0.2, 0.25) is 6.43 Å². The van der Waals surface area contributed by atoms with Crippen molar-refractivity contribution < 1.29 is 8.78 Å². The minimum atomic E-state index is -2.32. The Labute approximate surface area is 123 Å². The van der Waals surface area contributed by atoms with Crippen LogP contribution in [0.4, 0.5) is 8.78 Å². The third kappa shape index (κ3) is 4.56. The maximum Gasteiger partial charge on any atom is 0.240 e. The number of rotatable bonds is 4. The lowest BCUT2D eigenvalue weighted by molar-refractivity contribution is 0.0739. The number of nitrogens with zero attached hydrogens (tertiary/aromatic N) is 1. The number of halogens is 4. The summed E-state index contributed by atoms with van der Waals surface area (Å²) >= 11 is 6.13. The van der Waals surface area contributed by atoms with Gasteiger partial charge >= 0.3 is 0 Å². The third-order valence-electron chi connectivity index (χ3n) is 3.26. The molecule has 1 aromatic rings. The number of hydrogen-bond acceptors (Lipinski definition) is 2. The van der Waals surface area contributed by atoms with Gasteiger partial charge in [0.1, 0.15) is 0 Å². The van der Waals surface area contributed by atoms with E-state index in [4.69, 9.17) is 11.6 Å². The lowest BCUT2D eigenvalue weighted by atomic mass is 10.0. The number of alkyl halides is 2. The quantitative estimate of drug-likeness (QED) is 0.917. The van der Waals surface area contributed by atoms with Crippen molar-refractivity contribution in [1.29, 1.82) is 0 Å². The second-order valence-electron chi connectivity index (χ2n) is 4.45. The standard InChI is InChI=1S/C13H17ClF2N2.ClH/c14-11-4-2-1-3-10(11)12(9-13(15)16)18-7-5-17-6-8-18;/h1-4,12-13,17H,5-9H2;1H/t12-;/m0./s1. The van der Waals surface area contributed by atoms with Crippen LogP contribution < -0.4 is 5.32 Å². The maximum absolute atomic E-state index is 12.8. The van der Waals surface area contributed by atoms with Crippen LogP contribution in [0, 0.1) is 0 Å². The normalized spacial score (nSPS) is 18.1. The van der Waals surface area contributed by atoms with E-state index in [0.717, 1.165) is 31.7 Å². The zero-order chi connectivity index (χ0) is 13.0. The molecule has 19 heavy (non-hydrogen) atoms.